The Morgan fingerprint density at radius 3 is 2.65 bits per heavy atom. The summed E-state index contributed by atoms with van der Waals surface area (Å²) in [5.41, 5.74) is 0.425. The van der Waals surface area contributed by atoms with Gasteiger partial charge >= 0.3 is 0 Å². The zero-order valence-corrected chi connectivity index (χ0v) is 12.7. The Bertz CT molecular complexity index is 463. The third kappa shape index (κ3) is 5.61. The standard InChI is InChI=1S/C15H21ClN2O2/c1-3-6-11(2)18-14(19)9-10-17-15(20)12-7-4-5-8-13(12)16/h4-5,7-8,11H,3,6,9-10H2,1-2H3,(H,17,20)(H,18,19). The third-order valence-corrected chi connectivity index (χ3v) is 3.21. The van der Waals surface area contributed by atoms with Crippen molar-refractivity contribution < 1.29 is 9.59 Å². The molecule has 0 bridgehead atoms. The number of benzene rings is 1. The molecule has 1 atom stereocenters. The number of hydrogen-bond donors (Lipinski definition) is 2. The predicted octanol–water partition coefficient (Wildman–Crippen LogP) is 2.76. The van der Waals surface area contributed by atoms with Crippen LogP contribution in [0.3, 0.4) is 0 Å². The zero-order valence-electron chi connectivity index (χ0n) is 11.9. The molecule has 0 saturated heterocycles. The van der Waals surface area contributed by atoms with Crippen LogP contribution in [-0.2, 0) is 4.79 Å². The summed E-state index contributed by atoms with van der Waals surface area (Å²) in [6.07, 6.45) is 2.26. The number of carbonyl (C=O) groups excluding carboxylic acids is 2. The largest absolute Gasteiger partial charge is 0.354 e. The fourth-order valence-corrected chi connectivity index (χ4v) is 2.10. The molecule has 1 aromatic carbocycles. The fourth-order valence-electron chi connectivity index (χ4n) is 1.88. The minimum atomic E-state index is -0.259. The second-order valence-corrected chi connectivity index (χ2v) is 5.15. The number of nitrogens with one attached hydrogen (secondary N) is 2. The average Bonchev–Trinajstić information content (AvgIpc) is 2.39. The molecule has 0 aromatic heterocycles. The molecule has 110 valence electrons. The molecule has 20 heavy (non-hydrogen) atoms. The molecule has 5 heteroatoms. The van der Waals surface area contributed by atoms with Gasteiger partial charge in [-0.1, -0.05) is 37.1 Å². The van der Waals surface area contributed by atoms with E-state index in [9.17, 15) is 9.59 Å². The Kier molecular flexibility index (Phi) is 7.09. The third-order valence-electron chi connectivity index (χ3n) is 2.89. The first kappa shape index (κ1) is 16.5. The van der Waals surface area contributed by atoms with Crippen molar-refractivity contribution in [1.29, 1.82) is 0 Å². The molecule has 0 radical (unpaired) electrons. The highest BCUT2D eigenvalue weighted by Gasteiger charge is 2.10. The van der Waals surface area contributed by atoms with Gasteiger partial charge < -0.3 is 10.6 Å². The highest BCUT2D eigenvalue weighted by molar-refractivity contribution is 6.33. The summed E-state index contributed by atoms with van der Waals surface area (Å²) in [5.74, 6) is -0.310. The summed E-state index contributed by atoms with van der Waals surface area (Å²) in [4.78, 5) is 23.5. The molecule has 0 aliphatic carbocycles. The number of carbonyl (C=O) groups is 2. The SMILES string of the molecule is CCCC(C)NC(=O)CCNC(=O)c1ccccc1Cl. The summed E-state index contributed by atoms with van der Waals surface area (Å²) in [5, 5.41) is 5.99. The molecular weight excluding hydrogens is 276 g/mol. The molecule has 0 saturated carbocycles. The number of amides is 2. The second-order valence-electron chi connectivity index (χ2n) is 4.74. The molecule has 2 N–H and O–H groups in total. The Labute approximate surface area is 124 Å². The zero-order chi connectivity index (χ0) is 15.0. The fraction of sp³-hybridized carbons (Fsp3) is 0.467. The van der Waals surface area contributed by atoms with E-state index in [1.165, 1.54) is 0 Å². The lowest BCUT2D eigenvalue weighted by Gasteiger charge is -2.13. The maximum atomic E-state index is 11.8. The maximum Gasteiger partial charge on any atom is 0.252 e. The van der Waals surface area contributed by atoms with Crippen LogP contribution < -0.4 is 10.6 Å². The monoisotopic (exact) mass is 296 g/mol. The summed E-state index contributed by atoms with van der Waals surface area (Å²) in [6, 6.07) is 7.00. The van der Waals surface area contributed by atoms with Crippen molar-refractivity contribution in [2.75, 3.05) is 6.54 Å². The second kappa shape index (κ2) is 8.59. The van der Waals surface area contributed by atoms with Crippen molar-refractivity contribution in [2.24, 2.45) is 0 Å². The maximum absolute atomic E-state index is 11.8. The van der Waals surface area contributed by atoms with Crippen molar-refractivity contribution >= 4 is 23.4 Å². The van der Waals surface area contributed by atoms with Gasteiger partial charge in [-0.05, 0) is 25.5 Å². The minimum absolute atomic E-state index is 0.0505. The van der Waals surface area contributed by atoms with Gasteiger partial charge in [0.1, 0.15) is 0 Å². The van der Waals surface area contributed by atoms with Crippen LogP contribution in [0.1, 0.15) is 43.5 Å². The Morgan fingerprint density at radius 2 is 2.00 bits per heavy atom. The lowest BCUT2D eigenvalue weighted by molar-refractivity contribution is -0.121. The van der Waals surface area contributed by atoms with Gasteiger partial charge in [-0.25, -0.2) is 0 Å². The van der Waals surface area contributed by atoms with Gasteiger partial charge in [-0.3, -0.25) is 9.59 Å². The molecular formula is C15H21ClN2O2. The first-order valence-electron chi connectivity index (χ1n) is 6.86. The molecule has 1 aromatic rings. The molecule has 0 spiro atoms. The normalized spacial score (nSPS) is 11.8. The van der Waals surface area contributed by atoms with E-state index in [1.807, 2.05) is 6.92 Å². The van der Waals surface area contributed by atoms with Gasteiger partial charge in [-0.2, -0.15) is 0 Å². The molecule has 1 rings (SSSR count). The molecule has 1 unspecified atom stereocenters. The molecule has 2 amide bonds. The van der Waals surface area contributed by atoms with E-state index in [0.717, 1.165) is 12.8 Å². The van der Waals surface area contributed by atoms with Crippen molar-refractivity contribution in [1.82, 2.24) is 10.6 Å². The lowest BCUT2D eigenvalue weighted by Crippen LogP contribution is -2.35. The van der Waals surface area contributed by atoms with Crippen LogP contribution in [0.4, 0.5) is 0 Å². The minimum Gasteiger partial charge on any atom is -0.354 e. The predicted molar refractivity (Wildman–Crippen MR) is 80.9 cm³/mol. The van der Waals surface area contributed by atoms with Crippen molar-refractivity contribution in [3.05, 3.63) is 34.9 Å². The van der Waals surface area contributed by atoms with E-state index in [4.69, 9.17) is 11.6 Å². The van der Waals surface area contributed by atoms with Crippen LogP contribution in [0.5, 0.6) is 0 Å². The summed E-state index contributed by atoms with van der Waals surface area (Å²) >= 11 is 5.92. The Morgan fingerprint density at radius 1 is 1.30 bits per heavy atom. The molecule has 4 nitrogen and oxygen atoms in total. The van der Waals surface area contributed by atoms with E-state index in [1.54, 1.807) is 24.3 Å². The number of halogens is 1. The lowest BCUT2D eigenvalue weighted by atomic mass is 10.2. The van der Waals surface area contributed by atoms with Gasteiger partial charge in [0.15, 0.2) is 0 Å². The van der Waals surface area contributed by atoms with Gasteiger partial charge in [-0.15, -0.1) is 0 Å². The van der Waals surface area contributed by atoms with E-state index in [2.05, 4.69) is 17.6 Å². The van der Waals surface area contributed by atoms with Crippen LogP contribution in [-0.4, -0.2) is 24.4 Å². The summed E-state index contributed by atoms with van der Waals surface area (Å²) < 4.78 is 0. The summed E-state index contributed by atoms with van der Waals surface area (Å²) in [6.45, 7) is 4.35. The van der Waals surface area contributed by atoms with Gasteiger partial charge in [0.2, 0.25) is 5.91 Å². The highest BCUT2D eigenvalue weighted by atomic mass is 35.5. The molecule has 0 aliphatic heterocycles. The van der Waals surface area contributed by atoms with Crippen LogP contribution in [0.25, 0.3) is 0 Å². The average molecular weight is 297 g/mol. The van der Waals surface area contributed by atoms with Gasteiger partial charge in [0.05, 0.1) is 10.6 Å². The molecule has 0 aliphatic rings. The summed E-state index contributed by atoms with van der Waals surface area (Å²) in [7, 11) is 0. The van der Waals surface area contributed by atoms with Crippen LogP contribution in [0, 0.1) is 0 Å². The molecule has 0 fully saturated rings. The number of rotatable bonds is 7. The van der Waals surface area contributed by atoms with Crippen molar-refractivity contribution in [2.45, 2.75) is 39.2 Å². The Balaban J connectivity index is 2.32. The van der Waals surface area contributed by atoms with Crippen molar-refractivity contribution in [3.8, 4) is 0 Å². The first-order chi connectivity index (χ1) is 9.54. The van der Waals surface area contributed by atoms with Gasteiger partial charge in [0.25, 0.3) is 5.91 Å². The van der Waals surface area contributed by atoms with Crippen molar-refractivity contribution in [3.63, 3.8) is 0 Å². The van der Waals surface area contributed by atoms with E-state index in [0.29, 0.717) is 17.1 Å². The highest BCUT2D eigenvalue weighted by Crippen LogP contribution is 2.14. The quantitative estimate of drug-likeness (QED) is 0.813. The van der Waals surface area contributed by atoms with E-state index >= 15 is 0 Å². The van der Waals surface area contributed by atoms with Crippen LogP contribution in [0.2, 0.25) is 5.02 Å². The Hall–Kier alpha value is -1.55. The first-order valence-corrected chi connectivity index (χ1v) is 7.24. The molecule has 0 heterocycles. The van der Waals surface area contributed by atoms with Gasteiger partial charge in [0, 0.05) is 19.0 Å². The van der Waals surface area contributed by atoms with E-state index in [-0.39, 0.29) is 24.3 Å². The van der Waals surface area contributed by atoms with Crippen LogP contribution >= 0.6 is 11.6 Å². The van der Waals surface area contributed by atoms with E-state index < -0.39 is 0 Å². The van der Waals surface area contributed by atoms with Crippen LogP contribution in [0.15, 0.2) is 24.3 Å². The number of hydrogen-bond acceptors (Lipinski definition) is 2. The topological polar surface area (TPSA) is 58.2 Å². The smallest absolute Gasteiger partial charge is 0.252 e.